The maximum Gasteiger partial charge on any atom is 0.120 e. The van der Waals surface area contributed by atoms with Crippen molar-refractivity contribution in [2.75, 3.05) is 0 Å². The summed E-state index contributed by atoms with van der Waals surface area (Å²) in [5.74, 6) is 1.64. The molecular formula is C6H4N2. The van der Waals surface area contributed by atoms with E-state index in [2.05, 4.69) is 5.92 Å². The molecule has 0 aromatic carbocycles. The van der Waals surface area contributed by atoms with Crippen molar-refractivity contribution < 1.29 is 0 Å². The number of hydrogen-bond acceptors (Lipinski definition) is 2. The first-order valence-electron chi connectivity index (χ1n) is 2.08. The topological polar surface area (TPSA) is 47.6 Å². The fourth-order valence-corrected chi connectivity index (χ4v) is 0.233. The largest absolute Gasteiger partial charge is 0.198 e. The molecule has 38 valence electrons. The van der Waals surface area contributed by atoms with Gasteiger partial charge in [-0.2, -0.15) is 10.5 Å². The van der Waals surface area contributed by atoms with E-state index in [9.17, 15) is 0 Å². The Kier molecular flexibility index (Phi) is 3.04. The van der Waals surface area contributed by atoms with E-state index < -0.39 is 5.92 Å². The van der Waals surface area contributed by atoms with E-state index >= 15 is 0 Å². The molecule has 0 amide bonds. The lowest BCUT2D eigenvalue weighted by Gasteiger charge is -1.85. The summed E-state index contributed by atoms with van der Waals surface area (Å²) < 4.78 is 0. The van der Waals surface area contributed by atoms with Crippen molar-refractivity contribution in [3.05, 3.63) is 0 Å². The Bertz CT molecular complexity index is 160. The van der Waals surface area contributed by atoms with Crippen LogP contribution in [-0.2, 0) is 0 Å². The van der Waals surface area contributed by atoms with Gasteiger partial charge in [0.2, 0.25) is 0 Å². The van der Waals surface area contributed by atoms with Gasteiger partial charge in [0.25, 0.3) is 0 Å². The van der Waals surface area contributed by atoms with Crippen LogP contribution in [0.4, 0.5) is 0 Å². The van der Waals surface area contributed by atoms with Crippen LogP contribution in [0, 0.1) is 40.9 Å². The van der Waals surface area contributed by atoms with Gasteiger partial charge in [0, 0.05) is 0 Å². The molecule has 0 aromatic rings. The van der Waals surface area contributed by atoms with Gasteiger partial charge in [-0.15, -0.1) is 6.42 Å². The highest BCUT2D eigenvalue weighted by Crippen LogP contribution is 1.95. The van der Waals surface area contributed by atoms with Crippen LogP contribution in [0.3, 0.4) is 0 Å². The fourth-order valence-electron chi connectivity index (χ4n) is 0.233. The van der Waals surface area contributed by atoms with Gasteiger partial charge in [-0.05, 0) is 0 Å². The molecule has 0 radical (unpaired) electrons. The predicted molar refractivity (Wildman–Crippen MR) is 28.2 cm³/mol. The molecule has 2 nitrogen and oxygen atoms in total. The molecule has 0 aromatic heterocycles. The second-order valence-electron chi connectivity index (χ2n) is 1.21. The molecule has 0 saturated carbocycles. The third kappa shape index (κ3) is 1.85. The average molecular weight is 104 g/mol. The van der Waals surface area contributed by atoms with Gasteiger partial charge in [0.1, 0.15) is 5.92 Å². The van der Waals surface area contributed by atoms with E-state index in [1.165, 1.54) is 0 Å². The van der Waals surface area contributed by atoms with Crippen LogP contribution in [-0.4, -0.2) is 0 Å². The van der Waals surface area contributed by atoms with Crippen molar-refractivity contribution in [3.63, 3.8) is 0 Å². The van der Waals surface area contributed by atoms with Crippen molar-refractivity contribution in [2.24, 2.45) is 5.92 Å². The molecule has 0 rings (SSSR count). The van der Waals surface area contributed by atoms with E-state index in [-0.39, 0.29) is 6.42 Å². The lowest BCUT2D eigenvalue weighted by Crippen LogP contribution is -1.87. The second-order valence-corrected chi connectivity index (χ2v) is 1.21. The highest BCUT2D eigenvalue weighted by molar-refractivity contribution is 5.07. The van der Waals surface area contributed by atoms with Gasteiger partial charge < -0.3 is 0 Å². The summed E-state index contributed by atoms with van der Waals surface area (Å²) in [6, 6.07) is 3.60. The highest BCUT2D eigenvalue weighted by atomic mass is 14.3. The van der Waals surface area contributed by atoms with E-state index in [0.29, 0.717) is 0 Å². The summed E-state index contributed by atoms with van der Waals surface area (Å²) in [5.41, 5.74) is 0. The zero-order chi connectivity index (χ0) is 6.41. The molecule has 8 heavy (non-hydrogen) atoms. The predicted octanol–water partition coefficient (Wildman–Crippen LogP) is 0.673. The molecule has 0 bridgehead atoms. The Morgan fingerprint density at radius 1 is 1.50 bits per heavy atom. The minimum atomic E-state index is -0.528. The standard InChI is InChI=1S/C6H4N2/c1-2-6(5-8)3-4-7/h1,6H,3H2/t6-/m0/s1. The van der Waals surface area contributed by atoms with E-state index in [1.807, 2.05) is 0 Å². The fraction of sp³-hybridized carbons (Fsp3) is 0.333. The van der Waals surface area contributed by atoms with Crippen molar-refractivity contribution in [1.29, 1.82) is 10.5 Å². The molecule has 0 aliphatic rings. The van der Waals surface area contributed by atoms with E-state index in [4.69, 9.17) is 16.9 Å². The molecule has 0 heterocycles. The molecule has 2 heteroatoms. The van der Waals surface area contributed by atoms with Crippen LogP contribution < -0.4 is 0 Å². The monoisotopic (exact) mass is 104 g/mol. The number of rotatable bonds is 1. The SMILES string of the molecule is C#C[C@H](C#N)CC#N. The molecule has 0 aliphatic heterocycles. The molecule has 0 aliphatic carbocycles. The summed E-state index contributed by atoms with van der Waals surface area (Å²) in [4.78, 5) is 0. The summed E-state index contributed by atoms with van der Waals surface area (Å²) in [6.45, 7) is 0. The zero-order valence-corrected chi connectivity index (χ0v) is 4.26. The van der Waals surface area contributed by atoms with Gasteiger partial charge in [0.15, 0.2) is 0 Å². The maximum absolute atomic E-state index is 8.11. The molecule has 0 fully saturated rings. The van der Waals surface area contributed by atoms with E-state index in [0.717, 1.165) is 0 Å². The minimum Gasteiger partial charge on any atom is -0.198 e. The maximum atomic E-state index is 8.11. The van der Waals surface area contributed by atoms with Crippen molar-refractivity contribution in [3.8, 4) is 24.5 Å². The van der Waals surface area contributed by atoms with Gasteiger partial charge >= 0.3 is 0 Å². The Hall–Kier alpha value is -1.46. The van der Waals surface area contributed by atoms with Crippen LogP contribution in [0.25, 0.3) is 0 Å². The van der Waals surface area contributed by atoms with Gasteiger partial charge in [-0.25, -0.2) is 0 Å². The normalized spacial score (nSPS) is 10.1. The van der Waals surface area contributed by atoms with Gasteiger partial charge in [-0.1, -0.05) is 5.92 Å². The molecule has 0 saturated heterocycles. The lowest BCUT2D eigenvalue weighted by molar-refractivity contribution is 0.890. The lowest BCUT2D eigenvalue weighted by atomic mass is 10.1. The first-order chi connectivity index (χ1) is 3.85. The van der Waals surface area contributed by atoms with Crippen LogP contribution in [0.5, 0.6) is 0 Å². The second kappa shape index (κ2) is 3.72. The Labute approximate surface area is 48.3 Å². The smallest absolute Gasteiger partial charge is 0.120 e. The molecule has 0 N–H and O–H groups in total. The molecular weight excluding hydrogens is 100 g/mol. The van der Waals surface area contributed by atoms with Crippen molar-refractivity contribution in [2.45, 2.75) is 6.42 Å². The Morgan fingerprint density at radius 2 is 2.12 bits per heavy atom. The first-order valence-corrected chi connectivity index (χ1v) is 2.08. The van der Waals surface area contributed by atoms with Crippen LogP contribution >= 0.6 is 0 Å². The zero-order valence-electron chi connectivity index (χ0n) is 4.26. The van der Waals surface area contributed by atoms with Gasteiger partial charge in [-0.3, -0.25) is 0 Å². The third-order valence-corrected chi connectivity index (χ3v) is 0.652. The molecule has 0 spiro atoms. The Morgan fingerprint density at radius 3 is 2.25 bits per heavy atom. The van der Waals surface area contributed by atoms with Crippen LogP contribution in [0.2, 0.25) is 0 Å². The van der Waals surface area contributed by atoms with Crippen LogP contribution in [0.15, 0.2) is 0 Å². The first kappa shape index (κ1) is 6.54. The van der Waals surface area contributed by atoms with Crippen molar-refractivity contribution >= 4 is 0 Å². The number of nitrogens with zero attached hydrogens (tertiary/aromatic N) is 2. The summed E-state index contributed by atoms with van der Waals surface area (Å²) >= 11 is 0. The molecule has 1 atom stereocenters. The summed E-state index contributed by atoms with van der Waals surface area (Å²) in [6.07, 6.45) is 4.98. The number of nitriles is 2. The quantitative estimate of drug-likeness (QED) is 0.459. The number of terminal acetylenes is 1. The van der Waals surface area contributed by atoms with Gasteiger partial charge in [0.05, 0.1) is 18.6 Å². The average Bonchev–Trinajstić information content (AvgIpc) is 1.83. The van der Waals surface area contributed by atoms with Crippen LogP contribution in [0.1, 0.15) is 6.42 Å². The summed E-state index contributed by atoms with van der Waals surface area (Å²) in [7, 11) is 0. The minimum absolute atomic E-state index is 0.132. The third-order valence-electron chi connectivity index (χ3n) is 0.652. The number of hydrogen-bond donors (Lipinski definition) is 0. The molecule has 0 unspecified atom stereocenters. The summed E-state index contributed by atoms with van der Waals surface area (Å²) in [5, 5.41) is 16.1. The Balaban J connectivity index is 3.68. The van der Waals surface area contributed by atoms with E-state index in [1.54, 1.807) is 12.1 Å². The highest BCUT2D eigenvalue weighted by Gasteiger charge is 1.97. The van der Waals surface area contributed by atoms with Crippen molar-refractivity contribution in [1.82, 2.24) is 0 Å².